The minimum atomic E-state index is -0.910. The van der Waals surface area contributed by atoms with E-state index in [2.05, 4.69) is 16.2 Å². The van der Waals surface area contributed by atoms with Gasteiger partial charge in [0.05, 0.1) is 29.6 Å². The molecule has 0 aromatic carbocycles. The Morgan fingerprint density at radius 1 is 1.31 bits per heavy atom. The fraction of sp³-hybridized carbons (Fsp3) is 0.364. The second-order valence-corrected chi connectivity index (χ2v) is 8.05. The molecule has 3 aromatic heterocycles. The van der Waals surface area contributed by atoms with E-state index in [4.69, 9.17) is 0 Å². The first-order valence-electron chi connectivity index (χ1n) is 9.85. The number of amides is 1. The Hall–Kier alpha value is -3.24. The molecule has 29 heavy (non-hydrogen) atoms. The van der Waals surface area contributed by atoms with Crippen molar-refractivity contribution >= 4 is 17.1 Å². The fourth-order valence-electron chi connectivity index (χ4n) is 4.61. The molecule has 0 spiro atoms. The standard InChI is InChI=1S/C22H21N5O2/c1-14-10-26(21(29)22(14,13-23)17-2-3-17)19-5-7-25-27-11-16(9-20(19)27)18-8-15(12-28)4-6-24-18/h4-9,11,14,17,28H,2-3,10,12H2,1H3/t14-,22+/m1/s1. The van der Waals surface area contributed by atoms with E-state index in [1.54, 1.807) is 27.9 Å². The van der Waals surface area contributed by atoms with E-state index >= 15 is 0 Å². The van der Waals surface area contributed by atoms with Gasteiger partial charge in [-0.2, -0.15) is 10.4 Å². The highest BCUT2D eigenvalue weighted by atomic mass is 16.3. The van der Waals surface area contributed by atoms with Gasteiger partial charge in [-0.15, -0.1) is 0 Å². The summed E-state index contributed by atoms with van der Waals surface area (Å²) in [6.45, 7) is 2.48. The number of carbonyl (C=O) groups excluding carboxylic acids is 1. The maximum Gasteiger partial charge on any atom is 0.248 e. The molecule has 2 fully saturated rings. The van der Waals surface area contributed by atoms with Crippen LogP contribution in [0.25, 0.3) is 16.8 Å². The lowest BCUT2D eigenvalue weighted by Crippen LogP contribution is -2.37. The number of aliphatic hydroxyl groups excluding tert-OH is 1. The highest BCUT2D eigenvalue weighted by Crippen LogP contribution is 2.54. The van der Waals surface area contributed by atoms with Crippen LogP contribution in [0.1, 0.15) is 25.3 Å². The summed E-state index contributed by atoms with van der Waals surface area (Å²) in [7, 11) is 0. The molecule has 1 saturated heterocycles. The van der Waals surface area contributed by atoms with Gasteiger partial charge in [-0.1, -0.05) is 6.92 Å². The van der Waals surface area contributed by atoms with Crippen molar-refractivity contribution in [1.29, 1.82) is 5.26 Å². The quantitative estimate of drug-likeness (QED) is 0.743. The van der Waals surface area contributed by atoms with Gasteiger partial charge in [-0.05, 0) is 48.6 Å². The van der Waals surface area contributed by atoms with Gasteiger partial charge in [0.15, 0.2) is 0 Å². The van der Waals surface area contributed by atoms with Crippen LogP contribution in [0.5, 0.6) is 0 Å². The van der Waals surface area contributed by atoms with E-state index < -0.39 is 5.41 Å². The van der Waals surface area contributed by atoms with Crippen molar-refractivity contribution in [2.75, 3.05) is 11.4 Å². The number of carbonyl (C=O) groups is 1. The van der Waals surface area contributed by atoms with Gasteiger partial charge >= 0.3 is 0 Å². The minimum absolute atomic E-state index is 0.0157. The molecular weight excluding hydrogens is 366 g/mol. The zero-order chi connectivity index (χ0) is 20.2. The molecule has 0 radical (unpaired) electrons. The van der Waals surface area contributed by atoms with Crippen LogP contribution >= 0.6 is 0 Å². The van der Waals surface area contributed by atoms with E-state index in [0.29, 0.717) is 6.54 Å². The molecule has 7 heteroatoms. The van der Waals surface area contributed by atoms with E-state index in [9.17, 15) is 15.2 Å². The molecule has 1 amide bonds. The predicted octanol–water partition coefficient (Wildman–Crippen LogP) is 2.79. The molecule has 1 aliphatic carbocycles. The fourth-order valence-corrected chi connectivity index (χ4v) is 4.61. The van der Waals surface area contributed by atoms with Crippen LogP contribution in [0.3, 0.4) is 0 Å². The number of anilines is 1. The zero-order valence-electron chi connectivity index (χ0n) is 16.1. The van der Waals surface area contributed by atoms with E-state index in [-0.39, 0.29) is 24.3 Å². The van der Waals surface area contributed by atoms with Gasteiger partial charge in [0, 0.05) is 36.6 Å². The Morgan fingerprint density at radius 3 is 2.86 bits per heavy atom. The van der Waals surface area contributed by atoms with Crippen LogP contribution in [-0.4, -0.2) is 32.2 Å². The highest BCUT2D eigenvalue weighted by Gasteiger charge is 2.61. The summed E-state index contributed by atoms with van der Waals surface area (Å²) in [5.74, 6) is 0.0647. The minimum Gasteiger partial charge on any atom is -0.392 e. The molecule has 1 saturated carbocycles. The van der Waals surface area contributed by atoms with Crippen molar-refractivity contribution in [3.05, 3.63) is 48.4 Å². The van der Waals surface area contributed by atoms with Crippen LogP contribution in [0.2, 0.25) is 0 Å². The Labute approximate surface area is 168 Å². The molecule has 1 aliphatic heterocycles. The lowest BCUT2D eigenvalue weighted by atomic mass is 9.75. The Bertz CT molecular complexity index is 1160. The molecule has 2 atom stereocenters. The van der Waals surface area contributed by atoms with Gasteiger partial charge in [-0.3, -0.25) is 9.78 Å². The van der Waals surface area contributed by atoms with Gasteiger partial charge in [-0.25, -0.2) is 4.52 Å². The molecule has 3 aromatic rings. The number of aromatic nitrogens is 3. The number of hydrogen-bond donors (Lipinski definition) is 1. The predicted molar refractivity (Wildman–Crippen MR) is 107 cm³/mol. The van der Waals surface area contributed by atoms with Gasteiger partial charge in [0.25, 0.3) is 0 Å². The largest absolute Gasteiger partial charge is 0.392 e. The van der Waals surface area contributed by atoms with Crippen molar-refractivity contribution in [2.24, 2.45) is 17.3 Å². The summed E-state index contributed by atoms with van der Waals surface area (Å²) in [5, 5.41) is 23.7. The average Bonchev–Trinajstić information content (AvgIpc) is 3.44. The molecule has 5 rings (SSSR count). The smallest absolute Gasteiger partial charge is 0.248 e. The van der Waals surface area contributed by atoms with Gasteiger partial charge < -0.3 is 10.0 Å². The number of hydrogen-bond acceptors (Lipinski definition) is 5. The summed E-state index contributed by atoms with van der Waals surface area (Å²) >= 11 is 0. The summed E-state index contributed by atoms with van der Waals surface area (Å²) in [4.78, 5) is 19.5. The maximum absolute atomic E-state index is 13.4. The molecule has 2 aliphatic rings. The first kappa shape index (κ1) is 17.8. The topological polar surface area (TPSA) is 94.5 Å². The second kappa shape index (κ2) is 6.39. The number of fused-ring (bicyclic) bond motifs is 1. The molecule has 0 bridgehead atoms. The van der Waals surface area contributed by atoms with Crippen LogP contribution in [0.15, 0.2) is 42.9 Å². The zero-order valence-corrected chi connectivity index (χ0v) is 16.1. The summed E-state index contributed by atoms with van der Waals surface area (Å²) in [6.07, 6.45) is 7.10. The van der Waals surface area contributed by atoms with Crippen molar-refractivity contribution in [3.8, 4) is 17.3 Å². The lowest BCUT2D eigenvalue weighted by Gasteiger charge is -2.23. The Balaban J connectivity index is 1.59. The molecule has 1 N–H and O–H groups in total. The first-order valence-corrected chi connectivity index (χ1v) is 9.85. The average molecular weight is 387 g/mol. The lowest BCUT2D eigenvalue weighted by molar-refractivity contribution is -0.124. The molecule has 146 valence electrons. The SMILES string of the molecule is C[C@@H]1CN(c2ccnn3cc(-c4cc(CO)ccn4)cc23)C(=O)[C@]1(C#N)C1CC1. The molecule has 4 heterocycles. The summed E-state index contributed by atoms with van der Waals surface area (Å²) in [5.41, 5.74) is 3.02. The monoisotopic (exact) mass is 387 g/mol. The number of aliphatic hydroxyl groups is 1. The van der Waals surface area contributed by atoms with Crippen molar-refractivity contribution in [3.63, 3.8) is 0 Å². The third kappa shape index (κ3) is 2.56. The number of rotatable bonds is 4. The summed E-state index contributed by atoms with van der Waals surface area (Å²) < 4.78 is 1.74. The van der Waals surface area contributed by atoms with Gasteiger partial charge in [0.1, 0.15) is 5.41 Å². The normalized spacial score (nSPS) is 24.2. The van der Waals surface area contributed by atoms with Crippen LogP contribution < -0.4 is 4.90 Å². The molecule has 7 nitrogen and oxygen atoms in total. The Kier molecular flexibility index (Phi) is 3.93. The van der Waals surface area contributed by atoms with Crippen LogP contribution in [0.4, 0.5) is 5.69 Å². The Morgan fingerprint density at radius 2 is 2.14 bits per heavy atom. The van der Waals surface area contributed by atoms with Gasteiger partial charge in [0.2, 0.25) is 5.91 Å². The molecule has 0 unspecified atom stereocenters. The van der Waals surface area contributed by atoms with E-state index in [1.165, 1.54) is 0 Å². The third-order valence-corrected chi connectivity index (χ3v) is 6.32. The van der Waals surface area contributed by atoms with Crippen LogP contribution in [0, 0.1) is 28.6 Å². The molecular formula is C22H21N5O2. The second-order valence-electron chi connectivity index (χ2n) is 8.05. The highest BCUT2D eigenvalue weighted by molar-refractivity contribution is 6.05. The van der Waals surface area contributed by atoms with E-state index in [1.807, 2.05) is 31.3 Å². The van der Waals surface area contributed by atoms with Crippen molar-refractivity contribution in [2.45, 2.75) is 26.4 Å². The van der Waals surface area contributed by atoms with Crippen molar-refractivity contribution in [1.82, 2.24) is 14.6 Å². The van der Waals surface area contributed by atoms with Crippen molar-refractivity contribution < 1.29 is 9.90 Å². The van der Waals surface area contributed by atoms with E-state index in [0.717, 1.165) is 40.9 Å². The number of pyridine rings is 1. The van der Waals surface area contributed by atoms with Crippen LogP contribution in [-0.2, 0) is 11.4 Å². The number of nitriles is 1. The number of nitrogens with zero attached hydrogens (tertiary/aromatic N) is 5. The first-order chi connectivity index (χ1) is 14.1. The maximum atomic E-state index is 13.4. The third-order valence-electron chi connectivity index (χ3n) is 6.32. The summed E-state index contributed by atoms with van der Waals surface area (Å²) in [6, 6.07) is 9.78.